The maximum atomic E-state index is 13.1. The first-order valence-electron chi connectivity index (χ1n) is 7.78. The van der Waals surface area contributed by atoms with E-state index in [2.05, 4.69) is 4.98 Å². The molecule has 3 rings (SSSR count). The number of nitrogens with two attached hydrogens (primary N) is 1. The fourth-order valence-electron chi connectivity index (χ4n) is 2.98. The standard InChI is InChI=1S/C16H20F2N4O2/c1-9-7-10(12(19)14(17)18)13-11(8-9)15(23)21(2)16(20-13)22-3-5-24-6-4-22/h7-8,12,14H,3-6,19H2,1-2H3. The average Bonchev–Trinajstić information content (AvgIpc) is 2.58. The number of ether oxygens (including phenoxy) is 1. The van der Waals surface area contributed by atoms with Crippen LogP contribution in [0.2, 0.25) is 0 Å². The number of aromatic nitrogens is 2. The lowest BCUT2D eigenvalue weighted by atomic mass is 10.0. The number of morpholine rings is 1. The minimum atomic E-state index is -2.73. The van der Waals surface area contributed by atoms with Crippen molar-refractivity contribution in [1.82, 2.24) is 9.55 Å². The van der Waals surface area contributed by atoms with Crippen molar-refractivity contribution in [2.45, 2.75) is 19.4 Å². The second-order valence-electron chi connectivity index (χ2n) is 5.99. The van der Waals surface area contributed by atoms with Gasteiger partial charge < -0.3 is 15.4 Å². The number of hydrogen-bond donors (Lipinski definition) is 1. The summed E-state index contributed by atoms with van der Waals surface area (Å²) in [5.74, 6) is 0.447. The van der Waals surface area contributed by atoms with E-state index in [0.717, 1.165) is 0 Å². The van der Waals surface area contributed by atoms with Gasteiger partial charge in [0.05, 0.1) is 30.2 Å². The fourth-order valence-corrected chi connectivity index (χ4v) is 2.98. The quantitative estimate of drug-likeness (QED) is 0.914. The van der Waals surface area contributed by atoms with Gasteiger partial charge >= 0.3 is 0 Å². The van der Waals surface area contributed by atoms with Gasteiger partial charge in [0.25, 0.3) is 12.0 Å². The van der Waals surface area contributed by atoms with E-state index >= 15 is 0 Å². The van der Waals surface area contributed by atoms with Crippen molar-refractivity contribution in [3.8, 4) is 0 Å². The van der Waals surface area contributed by atoms with Crippen molar-refractivity contribution in [1.29, 1.82) is 0 Å². The Labute approximate surface area is 137 Å². The first-order chi connectivity index (χ1) is 11.4. The molecule has 1 saturated heterocycles. The molecule has 1 aliphatic rings. The van der Waals surface area contributed by atoms with E-state index in [1.54, 1.807) is 26.1 Å². The Morgan fingerprint density at radius 2 is 1.96 bits per heavy atom. The van der Waals surface area contributed by atoms with Gasteiger partial charge in [-0.25, -0.2) is 13.8 Å². The zero-order valence-electron chi connectivity index (χ0n) is 13.6. The first kappa shape index (κ1) is 16.8. The van der Waals surface area contributed by atoms with E-state index in [4.69, 9.17) is 10.5 Å². The lowest BCUT2D eigenvalue weighted by Crippen LogP contribution is -2.40. The molecule has 2 aromatic rings. The van der Waals surface area contributed by atoms with Crippen LogP contribution in [0, 0.1) is 6.92 Å². The maximum Gasteiger partial charge on any atom is 0.262 e. The Morgan fingerprint density at radius 3 is 2.58 bits per heavy atom. The third-order valence-electron chi connectivity index (χ3n) is 4.26. The van der Waals surface area contributed by atoms with Crippen molar-refractivity contribution in [3.05, 3.63) is 33.6 Å². The molecular formula is C16H20F2N4O2. The second kappa shape index (κ2) is 6.45. The van der Waals surface area contributed by atoms with E-state index in [9.17, 15) is 13.6 Å². The van der Waals surface area contributed by atoms with Crippen molar-refractivity contribution in [2.24, 2.45) is 12.8 Å². The molecule has 1 atom stereocenters. The fraction of sp³-hybridized carbons (Fsp3) is 0.500. The molecule has 1 unspecified atom stereocenters. The molecule has 2 N–H and O–H groups in total. The highest BCUT2D eigenvalue weighted by Crippen LogP contribution is 2.27. The molecule has 1 aromatic carbocycles. The smallest absolute Gasteiger partial charge is 0.262 e. The van der Waals surface area contributed by atoms with Gasteiger partial charge in [-0.15, -0.1) is 0 Å². The third kappa shape index (κ3) is 2.87. The molecule has 2 heterocycles. The minimum Gasteiger partial charge on any atom is -0.378 e. The average molecular weight is 338 g/mol. The SMILES string of the molecule is Cc1cc(C(N)C(F)F)c2nc(N3CCOCC3)n(C)c(=O)c2c1. The predicted octanol–water partition coefficient (Wildman–Crippen LogP) is 1.34. The third-order valence-corrected chi connectivity index (χ3v) is 4.26. The normalized spacial score (nSPS) is 16.8. The predicted molar refractivity (Wildman–Crippen MR) is 87.7 cm³/mol. The Hall–Kier alpha value is -2.06. The number of benzene rings is 1. The molecule has 0 spiro atoms. The molecule has 0 amide bonds. The summed E-state index contributed by atoms with van der Waals surface area (Å²) in [4.78, 5) is 19.2. The summed E-state index contributed by atoms with van der Waals surface area (Å²) in [7, 11) is 1.63. The number of halogens is 2. The van der Waals surface area contributed by atoms with Crippen LogP contribution in [-0.2, 0) is 11.8 Å². The summed E-state index contributed by atoms with van der Waals surface area (Å²) in [5, 5.41) is 0.306. The van der Waals surface area contributed by atoms with Gasteiger partial charge in [0.1, 0.15) is 0 Å². The van der Waals surface area contributed by atoms with Gasteiger partial charge in [-0.05, 0) is 18.6 Å². The van der Waals surface area contributed by atoms with E-state index in [1.807, 2.05) is 4.90 Å². The lowest BCUT2D eigenvalue weighted by Gasteiger charge is -2.29. The maximum absolute atomic E-state index is 13.1. The van der Waals surface area contributed by atoms with Gasteiger partial charge in [-0.3, -0.25) is 9.36 Å². The highest BCUT2D eigenvalue weighted by atomic mass is 19.3. The van der Waals surface area contributed by atoms with Gasteiger partial charge in [0.15, 0.2) is 0 Å². The van der Waals surface area contributed by atoms with Crippen LogP contribution < -0.4 is 16.2 Å². The van der Waals surface area contributed by atoms with Gasteiger partial charge in [0, 0.05) is 25.7 Å². The molecule has 1 aromatic heterocycles. The van der Waals surface area contributed by atoms with Gasteiger partial charge in [0.2, 0.25) is 5.95 Å². The lowest BCUT2D eigenvalue weighted by molar-refractivity contribution is 0.117. The number of alkyl halides is 2. The van der Waals surface area contributed by atoms with Crippen molar-refractivity contribution >= 4 is 16.9 Å². The van der Waals surface area contributed by atoms with E-state index in [1.165, 1.54) is 4.57 Å². The first-order valence-corrected chi connectivity index (χ1v) is 7.78. The zero-order valence-corrected chi connectivity index (χ0v) is 13.6. The van der Waals surface area contributed by atoms with Crippen LogP contribution in [0.3, 0.4) is 0 Å². The Morgan fingerprint density at radius 1 is 1.29 bits per heavy atom. The Kier molecular flexibility index (Phi) is 4.51. The summed E-state index contributed by atoms with van der Waals surface area (Å²) in [5.41, 5.74) is 6.54. The van der Waals surface area contributed by atoms with Crippen LogP contribution in [0.5, 0.6) is 0 Å². The topological polar surface area (TPSA) is 73.4 Å². The number of rotatable bonds is 3. The van der Waals surface area contributed by atoms with Crippen LogP contribution in [0.25, 0.3) is 10.9 Å². The number of aryl methyl sites for hydroxylation is 1. The molecular weight excluding hydrogens is 318 g/mol. The minimum absolute atomic E-state index is 0.201. The number of anilines is 1. The summed E-state index contributed by atoms with van der Waals surface area (Å²) < 4.78 is 33.1. The molecule has 0 aliphatic carbocycles. The number of fused-ring (bicyclic) bond motifs is 1. The summed E-state index contributed by atoms with van der Waals surface area (Å²) in [6.07, 6.45) is -2.73. The van der Waals surface area contributed by atoms with Crippen LogP contribution in [0.1, 0.15) is 17.2 Å². The van der Waals surface area contributed by atoms with Crippen molar-refractivity contribution in [2.75, 3.05) is 31.2 Å². The van der Waals surface area contributed by atoms with Crippen LogP contribution in [-0.4, -0.2) is 42.3 Å². The van der Waals surface area contributed by atoms with Crippen LogP contribution in [0.4, 0.5) is 14.7 Å². The molecule has 1 fully saturated rings. The summed E-state index contributed by atoms with van der Waals surface area (Å²) in [6.45, 7) is 3.99. The second-order valence-corrected chi connectivity index (χ2v) is 5.99. The molecule has 0 saturated carbocycles. The Bertz CT molecular complexity index is 816. The molecule has 6 nitrogen and oxygen atoms in total. The number of hydrogen-bond acceptors (Lipinski definition) is 5. The zero-order chi connectivity index (χ0) is 17.4. The monoisotopic (exact) mass is 338 g/mol. The summed E-state index contributed by atoms with van der Waals surface area (Å²) in [6, 6.07) is 1.76. The van der Waals surface area contributed by atoms with Gasteiger partial charge in [-0.2, -0.15) is 0 Å². The highest BCUT2D eigenvalue weighted by Gasteiger charge is 2.24. The highest BCUT2D eigenvalue weighted by molar-refractivity contribution is 5.83. The molecule has 0 radical (unpaired) electrons. The van der Waals surface area contributed by atoms with E-state index < -0.39 is 12.5 Å². The van der Waals surface area contributed by atoms with E-state index in [0.29, 0.717) is 43.2 Å². The molecule has 1 aliphatic heterocycles. The van der Waals surface area contributed by atoms with Crippen LogP contribution in [0.15, 0.2) is 16.9 Å². The molecule has 0 bridgehead atoms. The van der Waals surface area contributed by atoms with Crippen LogP contribution >= 0.6 is 0 Å². The largest absolute Gasteiger partial charge is 0.378 e. The number of nitrogens with zero attached hydrogens (tertiary/aromatic N) is 3. The molecule has 24 heavy (non-hydrogen) atoms. The van der Waals surface area contributed by atoms with Crippen molar-refractivity contribution < 1.29 is 13.5 Å². The molecule has 8 heteroatoms. The molecule has 130 valence electrons. The van der Waals surface area contributed by atoms with E-state index in [-0.39, 0.29) is 16.6 Å². The van der Waals surface area contributed by atoms with Crippen molar-refractivity contribution in [3.63, 3.8) is 0 Å². The van der Waals surface area contributed by atoms with Gasteiger partial charge in [-0.1, -0.05) is 6.07 Å². The Balaban J connectivity index is 2.26. The summed E-state index contributed by atoms with van der Waals surface area (Å²) >= 11 is 0.